The summed E-state index contributed by atoms with van der Waals surface area (Å²) >= 11 is 0. The molecule has 2 nitrogen and oxygen atoms in total. The first kappa shape index (κ1) is 11.5. The average Bonchev–Trinajstić information content (AvgIpc) is 2.09. The molecule has 1 amide bonds. The summed E-state index contributed by atoms with van der Waals surface area (Å²) in [4.78, 5) is 12.8. The fraction of sp³-hybridized carbons (Fsp3) is 0.917. The van der Waals surface area contributed by atoms with Crippen molar-refractivity contribution in [1.29, 1.82) is 0 Å². The summed E-state index contributed by atoms with van der Waals surface area (Å²) in [5.74, 6) is 1.13. The van der Waals surface area contributed by atoms with Gasteiger partial charge in [-0.2, -0.15) is 0 Å². The van der Waals surface area contributed by atoms with Crippen molar-refractivity contribution in [1.82, 2.24) is 4.90 Å². The van der Waals surface area contributed by atoms with E-state index in [4.69, 9.17) is 0 Å². The van der Waals surface area contributed by atoms with E-state index in [0.29, 0.717) is 5.41 Å². The molecule has 1 rings (SSSR count). The third-order valence-corrected chi connectivity index (χ3v) is 3.73. The maximum atomic E-state index is 11.0. The van der Waals surface area contributed by atoms with Crippen molar-refractivity contribution in [2.24, 2.45) is 11.3 Å². The minimum atomic E-state index is 0.181. The number of hydrogen-bond acceptors (Lipinski definition) is 1. The van der Waals surface area contributed by atoms with Crippen LogP contribution < -0.4 is 0 Å². The number of amides is 1. The summed E-state index contributed by atoms with van der Waals surface area (Å²) in [6.07, 6.45) is 5.20. The molecule has 0 aliphatic heterocycles. The highest BCUT2D eigenvalue weighted by atomic mass is 16.2. The van der Waals surface area contributed by atoms with Crippen LogP contribution in [0.2, 0.25) is 0 Å². The van der Waals surface area contributed by atoms with E-state index < -0.39 is 0 Å². The number of hydrogen-bond donors (Lipinski definition) is 0. The Bertz CT molecular complexity index is 206. The molecule has 0 N–H and O–H groups in total. The van der Waals surface area contributed by atoms with Crippen LogP contribution in [-0.4, -0.2) is 24.4 Å². The van der Waals surface area contributed by atoms with E-state index in [-0.39, 0.29) is 5.91 Å². The van der Waals surface area contributed by atoms with Crippen LogP contribution >= 0.6 is 0 Å². The lowest BCUT2D eigenvalue weighted by Crippen LogP contribution is -2.38. The molecule has 0 saturated heterocycles. The van der Waals surface area contributed by atoms with Crippen molar-refractivity contribution >= 4 is 5.91 Å². The molecule has 1 saturated carbocycles. The minimum absolute atomic E-state index is 0.181. The lowest BCUT2D eigenvalue weighted by molar-refractivity contribution is -0.128. The highest BCUT2D eigenvalue weighted by Gasteiger charge is 2.38. The molecule has 0 bridgehead atoms. The first-order valence-electron chi connectivity index (χ1n) is 5.68. The summed E-state index contributed by atoms with van der Waals surface area (Å²) in [6.45, 7) is 7.18. The second-order valence-corrected chi connectivity index (χ2v) is 5.18. The van der Waals surface area contributed by atoms with E-state index in [1.165, 1.54) is 25.7 Å². The van der Waals surface area contributed by atoms with Gasteiger partial charge in [-0.15, -0.1) is 0 Å². The van der Waals surface area contributed by atoms with Gasteiger partial charge in [-0.25, -0.2) is 0 Å². The summed E-state index contributed by atoms with van der Waals surface area (Å²) in [5.41, 5.74) is 0.518. The van der Waals surface area contributed by atoms with Crippen molar-refractivity contribution < 1.29 is 4.79 Å². The van der Waals surface area contributed by atoms with Crippen LogP contribution in [0, 0.1) is 11.3 Å². The van der Waals surface area contributed by atoms with Gasteiger partial charge in [-0.05, 0) is 30.6 Å². The molecule has 0 radical (unpaired) electrons. The highest BCUT2D eigenvalue weighted by molar-refractivity contribution is 5.72. The molecular formula is C12H23NO. The lowest BCUT2D eigenvalue weighted by Gasteiger charge is -2.46. The fourth-order valence-electron chi connectivity index (χ4n) is 2.42. The van der Waals surface area contributed by atoms with Gasteiger partial charge in [0.15, 0.2) is 0 Å². The van der Waals surface area contributed by atoms with E-state index >= 15 is 0 Å². The largest absolute Gasteiger partial charge is 0.346 e. The molecule has 0 atom stereocenters. The zero-order chi connectivity index (χ0) is 10.8. The molecule has 0 aromatic carbocycles. The van der Waals surface area contributed by atoms with Crippen LogP contribution in [0.5, 0.6) is 0 Å². The number of rotatable bonds is 4. The topological polar surface area (TPSA) is 20.3 Å². The SMILES string of the molecule is CCC1CC(C)(CCN(C)C(C)=O)C1. The molecule has 82 valence electrons. The van der Waals surface area contributed by atoms with Gasteiger partial charge in [0.05, 0.1) is 0 Å². The molecule has 0 spiro atoms. The van der Waals surface area contributed by atoms with Crippen molar-refractivity contribution in [3.8, 4) is 0 Å². The zero-order valence-electron chi connectivity index (χ0n) is 9.97. The van der Waals surface area contributed by atoms with E-state index in [1.807, 2.05) is 11.9 Å². The van der Waals surface area contributed by atoms with Crippen LogP contribution in [0.25, 0.3) is 0 Å². The molecule has 1 aliphatic rings. The average molecular weight is 197 g/mol. The van der Waals surface area contributed by atoms with Crippen molar-refractivity contribution in [2.75, 3.05) is 13.6 Å². The van der Waals surface area contributed by atoms with Crippen LogP contribution in [0.3, 0.4) is 0 Å². The molecule has 1 fully saturated rings. The third-order valence-electron chi connectivity index (χ3n) is 3.73. The third kappa shape index (κ3) is 2.73. The fourth-order valence-corrected chi connectivity index (χ4v) is 2.42. The van der Waals surface area contributed by atoms with Crippen LogP contribution in [-0.2, 0) is 4.79 Å². The van der Waals surface area contributed by atoms with Crippen LogP contribution in [0.15, 0.2) is 0 Å². The Labute approximate surface area is 87.7 Å². The van der Waals surface area contributed by atoms with E-state index in [2.05, 4.69) is 13.8 Å². The van der Waals surface area contributed by atoms with Crippen molar-refractivity contribution in [3.05, 3.63) is 0 Å². The van der Waals surface area contributed by atoms with Gasteiger partial charge in [0.25, 0.3) is 0 Å². The lowest BCUT2D eigenvalue weighted by atomic mass is 9.61. The van der Waals surface area contributed by atoms with E-state index in [9.17, 15) is 4.79 Å². The zero-order valence-corrected chi connectivity index (χ0v) is 9.97. The Balaban J connectivity index is 2.23. The van der Waals surface area contributed by atoms with Crippen LogP contribution in [0.4, 0.5) is 0 Å². The summed E-state index contributed by atoms with van der Waals surface area (Å²) in [6, 6.07) is 0. The molecular weight excluding hydrogens is 174 g/mol. The van der Waals surface area contributed by atoms with Gasteiger partial charge in [0.1, 0.15) is 0 Å². The minimum Gasteiger partial charge on any atom is -0.346 e. The first-order valence-corrected chi connectivity index (χ1v) is 5.68. The second kappa shape index (κ2) is 4.33. The Morgan fingerprint density at radius 1 is 1.50 bits per heavy atom. The second-order valence-electron chi connectivity index (χ2n) is 5.18. The number of nitrogens with zero attached hydrogens (tertiary/aromatic N) is 1. The monoisotopic (exact) mass is 197 g/mol. The van der Waals surface area contributed by atoms with Crippen molar-refractivity contribution in [3.63, 3.8) is 0 Å². The normalized spacial score (nSPS) is 31.0. The van der Waals surface area contributed by atoms with Crippen molar-refractivity contribution in [2.45, 2.75) is 46.5 Å². The molecule has 14 heavy (non-hydrogen) atoms. The van der Waals surface area contributed by atoms with Gasteiger partial charge in [0, 0.05) is 20.5 Å². The maximum absolute atomic E-state index is 11.0. The molecule has 0 heterocycles. The maximum Gasteiger partial charge on any atom is 0.219 e. The predicted molar refractivity (Wildman–Crippen MR) is 59.1 cm³/mol. The Kier molecular flexibility index (Phi) is 3.57. The van der Waals surface area contributed by atoms with Gasteiger partial charge in [-0.3, -0.25) is 4.79 Å². The van der Waals surface area contributed by atoms with Gasteiger partial charge in [-0.1, -0.05) is 20.3 Å². The summed E-state index contributed by atoms with van der Waals surface area (Å²) < 4.78 is 0. The molecule has 0 aromatic rings. The quantitative estimate of drug-likeness (QED) is 0.678. The number of carbonyl (C=O) groups excluding carboxylic acids is 1. The smallest absolute Gasteiger partial charge is 0.219 e. The Morgan fingerprint density at radius 2 is 2.07 bits per heavy atom. The first-order chi connectivity index (χ1) is 6.47. The Morgan fingerprint density at radius 3 is 2.50 bits per heavy atom. The van der Waals surface area contributed by atoms with Gasteiger partial charge in [0.2, 0.25) is 5.91 Å². The molecule has 0 unspecified atom stereocenters. The summed E-state index contributed by atoms with van der Waals surface area (Å²) in [7, 11) is 1.89. The molecule has 2 heteroatoms. The number of carbonyl (C=O) groups is 1. The van der Waals surface area contributed by atoms with Gasteiger partial charge >= 0.3 is 0 Å². The van der Waals surface area contributed by atoms with Gasteiger partial charge < -0.3 is 4.90 Å². The van der Waals surface area contributed by atoms with E-state index in [1.54, 1.807) is 6.92 Å². The highest BCUT2D eigenvalue weighted by Crippen LogP contribution is 2.49. The molecule has 1 aliphatic carbocycles. The van der Waals surface area contributed by atoms with Crippen LogP contribution in [0.1, 0.15) is 46.5 Å². The summed E-state index contributed by atoms with van der Waals surface area (Å²) in [5, 5.41) is 0. The Hall–Kier alpha value is -0.530. The molecule has 0 aromatic heterocycles. The van der Waals surface area contributed by atoms with E-state index in [0.717, 1.165) is 12.5 Å². The standard InChI is InChI=1S/C12H23NO/c1-5-11-8-12(3,9-11)6-7-13(4)10(2)14/h11H,5-9H2,1-4H3. The predicted octanol–water partition coefficient (Wildman–Crippen LogP) is 2.68.